The van der Waals surface area contributed by atoms with Crippen molar-refractivity contribution in [2.45, 2.75) is 25.4 Å². The molecular formula is C29H27FN6O7. The lowest BCUT2D eigenvalue weighted by atomic mass is 10.1. The molecule has 0 saturated heterocycles. The van der Waals surface area contributed by atoms with E-state index >= 15 is 0 Å². The number of halogens is 1. The number of nitrogens with one attached hydrogen (secondary N) is 4. The molecule has 1 atom stereocenters. The fourth-order valence-corrected chi connectivity index (χ4v) is 3.92. The van der Waals surface area contributed by atoms with E-state index in [9.17, 15) is 28.7 Å². The minimum atomic E-state index is -1.37. The predicted octanol–water partition coefficient (Wildman–Crippen LogP) is 4.16. The third-order valence-corrected chi connectivity index (χ3v) is 6.05. The number of nitrogens with two attached hydrogens (primary N) is 1. The molecule has 0 aliphatic heterocycles. The number of carboxylic acid groups (broad SMARTS) is 2. The molecule has 3 amide bonds. The Balaban J connectivity index is 1.39. The number of carboxylic acids is 2. The number of ether oxygens (including phenoxy) is 1. The first kappa shape index (κ1) is 30.2. The van der Waals surface area contributed by atoms with E-state index in [1.54, 1.807) is 18.2 Å². The summed E-state index contributed by atoms with van der Waals surface area (Å²) in [6.07, 6.45) is 2.09. The van der Waals surface area contributed by atoms with Crippen molar-refractivity contribution in [2.75, 3.05) is 10.6 Å². The summed E-state index contributed by atoms with van der Waals surface area (Å²) in [5.74, 6) is -3.54. The number of carbonyl (C=O) groups excluding carboxylic acids is 2. The number of anilines is 2. The van der Waals surface area contributed by atoms with Crippen LogP contribution in [0.1, 0.15) is 28.8 Å². The molecule has 2 aromatic heterocycles. The van der Waals surface area contributed by atoms with Gasteiger partial charge in [0.15, 0.2) is 0 Å². The van der Waals surface area contributed by atoms with E-state index in [0.717, 1.165) is 11.6 Å². The van der Waals surface area contributed by atoms with E-state index in [0.29, 0.717) is 29.4 Å². The molecule has 1 unspecified atom stereocenters. The molecule has 222 valence electrons. The number of rotatable bonds is 12. The first-order chi connectivity index (χ1) is 20.6. The van der Waals surface area contributed by atoms with Crippen molar-refractivity contribution in [3.8, 4) is 22.9 Å². The summed E-state index contributed by atoms with van der Waals surface area (Å²) >= 11 is 0. The van der Waals surface area contributed by atoms with Crippen molar-refractivity contribution in [3.63, 3.8) is 0 Å². The van der Waals surface area contributed by atoms with Crippen molar-refractivity contribution in [1.82, 2.24) is 15.3 Å². The number of carbonyl (C=O) groups is 4. The normalized spacial score (nSPS) is 11.3. The van der Waals surface area contributed by atoms with E-state index in [1.807, 2.05) is 6.07 Å². The maximum absolute atomic E-state index is 14.8. The highest BCUT2D eigenvalue weighted by molar-refractivity contribution is 6.00. The Labute approximate surface area is 243 Å². The molecule has 0 radical (unpaired) electrons. The zero-order valence-electron chi connectivity index (χ0n) is 22.5. The third kappa shape index (κ3) is 8.37. The van der Waals surface area contributed by atoms with Gasteiger partial charge in [-0.1, -0.05) is 12.1 Å². The van der Waals surface area contributed by atoms with Crippen LogP contribution >= 0.6 is 0 Å². The molecule has 0 bridgehead atoms. The maximum atomic E-state index is 14.8. The Morgan fingerprint density at radius 1 is 1.00 bits per heavy atom. The van der Waals surface area contributed by atoms with Gasteiger partial charge in [0, 0.05) is 43.2 Å². The molecule has 4 aromatic rings. The van der Waals surface area contributed by atoms with Crippen LogP contribution in [0.15, 0.2) is 73.1 Å². The first-order valence-corrected chi connectivity index (χ1v) is 12.9. The summed E-state index contributed by atoms with van der Waals surface area (Å²) in [5.41, 5.74) is 7.74. The van der Waals surface area contributed by atoms with Crippen LogP contribution in [-0.2, 0) is 16.1 Å². The Morgan fingerprint density at radius 3 is 2.51 bits per heavy atom. The Hall–Kier alpha value is -5.76. The average molecular weight is 591 g/mol. The van der Waals surface area contributed by atoms with Crippen LogP contribution in [-0.4, -0.2) is 50.1 Å². The smallest absolute Gasteiger partial charge is 0.326 e. The second-order valence-corrected chi connectivity index (χ2v) is 9.20. The molecule has 4 rings (SSSR count). The van der Waals surface area contributed by atoms with E-state index < -0.39 is 42.2 Å². The molecule has 2 aromatic carbocycles. The van der Waals surface area contributed by atoms with Gasteiger partial charge in [0.25, 0.3) is 5.91 Å². The number of aromatic nitrogens is 2. The molecule has 8 N–H and O–H groups in total. The zero-order valence-corrected chi connectivity index (χ0v) is 22.5. The number of nitrogens with zero attached hydrogens (tertiary/aromatic N) is 1. The Kier molecular flexibility index (Phi) is 9.65. The van der Waals surface area contributed by atoms with Gasteiger partial charge in [-0.25, -0.2) is 14.0 Å². The van der Waals surface area contributed by atoms with Crippen molar-refractivity contribution in [3.05, 3.63) is 90.0 Å². The van der Waals surface area contributed by atoms with Crippen molar-refractivity contribution < 1.29 is 38.5 Å². The van der Waals surface area contributed by atoms with Crippen LogP contribution in [0.4, 0.5) is 20.6 Å². The monoisotopic (exact) mass is 590 g/mol. The van der Waals surface area contributed by atoms with E-state index in [-0.39, 0.29) is 23.4 Å². The summed E-state index contributed by atoms with van der Waals surface area (Å²) in [6, 6.07) is 13.4. The summed E-state index contributed by atoms with van der Waals surface area (Å²) in [4.78, 5) is 54.1. The van der Waals surface area contributed by atoms with Gasteiger partial charge in [-0.2, -0.15) is 0 Å². The number of hydrogen-bond donors (Lipinski definition) is 7. The zero-order chi connectivity index (χ0) is 30.9. The van der Waals surface area contributed by atoms with Crippen LogP contribution in [0.5, 0.6) is 11.5 Å². The van der Waals surface area contributed by atoms with Crippen LogP contribution in [0, 0.1) is 5.82 Å². The van der Waals surface area contributed by atoms with E-state index in [2.05, 4.69) is 25.9 Å². The average Bonchev–Trinajstić information content (AvgIpc) is 3.47. The van der Waals surface area contributed by atoms with Gasteiger partial charge >= 0.3 is 18.0 Å². The number of pyridine rings is 1. The molecule has 0 aliphatic carbocycles. The largest absolute Gasteiger partial charge is 0.481 e. The molecule has 0 spiro atoms. The number of hydrogen-bond acceptors (Lipinski definition) is 7. The Bertz CT molecular complexity index is 1660. The van der Waals surface area contributed by atoms with Gasteiger partial charge in [0.2, 0.25) is 0 Å². The molecule has 0 fully saturated rings. The second-order valence-electron chi connectivity index (χ2n) is 9.20. The first-order valence-electron chi connectivity index (χ1n) is 12.9. The summed E-state index contributed by atoms with van der Waals surface area (Å²) in [6.45, 7) is 0.307. The molecule has 14 heteroatoms. The van der Waals surface area contributed by atoms with Crippen molar-refractivity contribution in [2.24, 2.45) is 5.73 Å². The molecule has 0 saturated carbocycles. The van der Waals surface area contributed by atoms with E-state index in [4.69, 9.17) is 15.6 Å². The minimum absolute atomic E-state index is 0.0689. The van der Waals surface area contributed by atoms with Crippen LogP contribution in [0.3, 0.4) is 0 Å². The SMILES string of the molecule is NCc1cccc(NC(=O)Nc2ccc(Oc3ccnc(-c4cc(C(=O)NC(CCC(=O)O)C(=O)O)c[nH]4)c3)cc2F)c1. The minimum Gasteiger partial charge on any atom is -0.481 e. The lowest BCUT2D eigenvalue weighted by Crippen LogP contribution is -2.41. The number of benzene rings is 2. The molecule has 13 nitrogen and oxygen atoms in total. The summed E-state index contributed by atoms with van der Waals surface area (Å²) in [5, 5.41) is 25.4. The number of amides is 3. The van der Waals surface area contributed by atoms with Gasteiger partial charge < -0.3 is 41.6 Å². The molecule has 0 aliphatic rings. The van der Waals surface area contributed by atoms with E-state index in [1.165, 1.54) is 42.7 Å². The van der Waals surface area contributed by atoms with Crippen LogP contribution in [0.25, 0.3) is 11.4 Å². The number of urea groups is 1. The number of aromatic amines is 1. The quantitative estimate of drug-likeness (QED) is 0.126. The molecule has 43 heavy (non-hydrogen) atoms. The highest BCUT2D eigenvalue weighted by atomic mass is 19.1. The topological polar surface area (TPSA) is 209 Å². The highest BCUT2D eigenvalue weighted by Crippen LogP contribution is 2.28. The fourth-order valence-electron chi connectivity index (χ4n) is 3.92. The molecular weight excluding hydrogens is 563 g/mol. The van der Waals surface area contributed by atoms with Gasteiger partial charge in [-0.15, -0.1) is 0 Å². The number of H-pyrrole nitrogens is 1. The number of aliphatic carboxylic acids is 2. The summed E-state index contributed by atoms with van der Waals surface area (Å²) < 4.78 is 20.5. The summed E-state index contributed by atoms with van der Waals surface area (Å²) in [7, 11) is 0. The molecule has 2 heterocycles. The third-order valence-electron chi connectivity index (χ3n) is 6.05. The predicted molar refractivity (Wildman–Crippen MR) is 153 cm³/mol. The Morgan fingerprint density at radius 2 is 1.79 bits per heavy atom. The van der Waals surface area contributed by atoms with Gasteiger partial charge in [0.1, 0.15) is 23.4 Å². The van der Waals surface area contributed by atoms with Gasteiger partial charge in [-0.05, 0) is 48.4 Å². The van der Waals surface area contributed by atoms with Crippen LogP contribution in [0.2, 0.25) is 0 Å². The lowest BCUT2D eigenvalue weighted by molar-refractivity contribution is -0.140. The van der Waals surface area contributed by atoms with Gasteiger partial charge in [0.05, 0.1) is 22.6 Å². The standard InChI is InChI=1S/C29H27FN6O7/c30-21-12-19(4-5-22(21)36-29(42)34-18-3-1-2-16(10-18)14-31)43-20-8-9-32-25(13-20)24-11-17(15-33-24)27(39)35-23(28(40)41)6-7-26(37)38/h1-5,8-13,15,23,33H,6-7,14,31H2,(H,35,39)(H,37,38)(H,40,41)(H2,34,36,42). The van der Waals surface area contributed by atoms with Crippen LogP contribution < -0.4 is 26.4 Å². The highest BCUT2D eigenvalue weighted by Gasteiger charge is 2.22. The van der Waals surface area contributed by atoms with Crippen molar-refractivity contribution in [1.29, 1.82) is 0 Å². The maximum Gasteiger partial charge on any atom is 0.326 e. The fraction of sp³-hybridized carbons (Fsp3) is 0.138. The van der Waals surface area contributed by atoms with Crippen molar-refractivity contribution >= 4 is 35.3 Å². The lowest BCUT2D eigenvalue weighted by Gasteiger charge is -2.12. The second kappa shape index (κ2) is 13.7. The van der Waals surface area contributed by atoms with Gasteiger partial charge in [-0.3, -0.25) is 14.6 Å².